The molecule has 4 rings (SSSR count). The van der Waals surface area contributed by atoms with Crippen molar-refractivity contribution in [3.63, 3.8) is 0 Å². The molecule has 0 aliphatic rings. The van der Waals surface area contributed by atoms with E-state index in [4.69, 9.17) is 26.1 Å². The molecule has 2 N–H and O–H groups in total. The highest BCUT2D eigenvalue weighted by atomic mass is 35.5. The zero-order chi connectivity index (χ0) is 37.6. The summed E-state index contributed by atoms with van der Waals surface area (Å²) in [5, 5.41) is 7.05. The molecular formula is C39H57ClN6O4. The minimum absolute atomic E-state index is 0.254. The number of pyridine rings is 1. The fraction of sp³-hybridized carbons (Fsp3) is 0.436. The molecule has 10 nitrogen and oxygen atoms in total. The number of benzene rings is 2. The van der Waals surface area contributed by atoms with Gasteiger partial charge in [-0.3, -0.25) is 14.2 Å². The van der Waals surface area contributed by atoms with E-state index in [9.17, 15) is 9.59 Å². The predicted octanol–water partition coefficient (Wildman–Crippen LogP) is 8.72. The van der Waals surface area contributed by atoms with Crippen molar-refractivity contribution >= 4 is 40.2 Å². The van der Waals surface area contributed by atoms with Gasteiger partial charge in [-0.15, -0.1) is 0 Å². The van der Waals surface area contributed by atoms with Crippen LogP contribution < -0.4 is 25.7 Å². The Bertz CT molecular complexity index is 1670. The number of rotatable bonds is 15. The number of amides is 1. The normalized spacial score (nSPS) is 10.1. The number of halogens is 1. The highest BCUT2D eigenvalue weighted by molar-refractivity contribution is 6.35. The van der Waals surface area contributed by atoms with Gasteiger partial charge in [-0.2, -0.15) is 4.98 Å². The smallest absolute Gasteiger partial charge is 0.260 e. The number of nitrogens with one attached hydrogen (secondary N) is 2. The Morgan fingerprint density at radius 2 is 1.64 bits per heavy atom. The Labute approximate surface area is 303 Å². The molecule has 0 saturated heterocycles. The van der Waals surface area contributed by atoms with Crippen LogP contribution in [-0.4, -0.2) is 65.7 Å². The molecule has 4 aromatic rings. The van der Waals surface area contributed by atoms with E-state index in [1.165, 1.54) is 13.2 Å². The van der Waals surface area contributed by atoms with E-state index >= 15 is 0 Å². The lowest BCUT2D eigenvalue weighted by Crippen LogP contribution is -2.26. The van der Waals surface area contributed by atoms with Crippen molar-refractivity contribution in [3.8, 4) is 22.6 Å². The first kappa shape index (κ1) is 43.6. The lowest BCUT2D eigenvalue weighted by molar-refractivity contribution is -0.111. The van der Waals surface area contributed by atoms with Gasteiger partial charge in [0.05, 0.1) is 19.2 Å². The zero-order valence-electron chi connectivity index (χ0n) is 31.7. The largest absolute Gasteiger partial charge is 0.497 e. The molecule has 0 saturated carbocycles. The molecule has 2 aromatic heterocycles. The number of hydrogen-bond donors (Lipinski definition) is 2. The van der Waals surface area contributed by atoms with Crippen molar-refractivity contribution in [2.45, 2.75) is 74.8 Å². The van der Waals surface area contributed by atoms with E-state index in [-0.39, 0.29) is 11.5 Å². The summed E-state index contributed by atoms with van der Waals surface area (Å²) in [5.74, 6) is 1.09. The van der Waals surface area contributed by atoms with E-state index in [1.807, 2.05) is 65.8 Å². The van der Waals surface area contributed by atoms with Crippen LogP contribution in [0.3, 0.4) is 0 Å². The monoisotopic (exact) mass is 708 g/mol. The third kappa shape index (κ3) is 12.2. The summed E-state index contributed by atoms with van der Waals surface area (Å²) in [5.41, 5.74) is 2.78. The van der Waals surface area contributed by atoms with Crippen molar-refractivity contribution in [2.75, 3.05) is 51.0 Å². The fourth-order valence-corrected chi connectivity index (χ4v) is 5.20. The second kappa shape index (κ2) is 23.9. The molecule has 0 atom stereocenters. The Kier molecular flexibility index (Phi) is 20.8. The quantitative estimate of drug-likeness (QED) is 0.0932. The molecule has 2 aromatic carbocycles. The van der Waals surface area contributed by atoms with Gasteiger partial charge >= 0.3 is 0 Å². The number of ether oxygens (including phenoxy) is 2. The van der Waals surface area contributed by atoms with E-state index in [1.54, 1.807) is 36.1 Å². The number of carbonyl (C=O) groups is 1. The summed E-state index contributed by atoms with van der Waals surface area (Å²) in [4.78, 5) is 37.5. The summed E-state index contributed by atoms with van der Waals surface area (Å²) in [6.07, 6.45) is 4.42. The third-order valence-electron chi connectivity index (χ3n) is 7.45. The lowest BCUT2D eigenvalue weighted by atomic mass is 10.0. The van der Waals surface area contributed by atoms with Gasteiger partial charge in [0, 0.05) is 47.6 Å². The summed E-state index contributed by atoms with van der Waals surface area (Å²) in [6.45, 7) is 23.8. The zero-order valence-corrected chi connectivity index (χ0v) is 32.4. The van der Waals surface area contributed by atoms with Crippen LogP contribution in [0.25, 0.3) is 22.2 Å². The van der Waals surface area contributed by atoms with E-state index in [0.717, 1.165) is 31.6 Å². The van der Waals surface area contributed by atoms with Crippen molar-refractivity contribution in [3.05, 3.63) is 82.3 Å². The van der Waals surface area contributed by atoms with Crippen molar-refractivity contribution in [1.82, 2.24) is 19.4 Å². The van der Waals surface area contributed by atoms with E-state index < -0.39 is 0 Å². The Balaban J connectivity index is 0.00000197. The maximum Gasteiger partial charge on any atom is 0.260 e. The molecule has 2 heterocycles. The second-order valence-corrected chi connectivity index (χ2v) is 10.5. The number of carbonyl (C=O) groups excluding carboxylic acids is 1. The van der Waals surface area contributed by atoms with Crippen LogP contribution in [0.15, 0.2) is 66.1 Å². The molecule has 50 heavy (non-hydrogen) atoms. The average molecular weight is 709 g/mol. The molecule has 1 amide bonds. The molecule has 0 spiro atoms. The summed E-state index contributed by atoms with van der Waals surface area (Å²) in [7, 11) is 3.06. The maximum absolute atomic E-state index is 14.2. The number of nitrogens with zero attached hydrogens (tertiary/aromatic N) is 4. The Morgan fingerprint density at radius 3 is 2.22 bits per heavy atom. The molecule has 0 aliphatic heterocycles. The van der Waals surface area contributed by atoms with E-state index in [2.05, 4.69) is 40.9 Å². The number of anilines is 2. The van der Waals surface area contributed by atoms with Crippen LogP contribution in [0.4, 0.5) is 11.6 Å². The van der Waals surface area contributed by atoms with Crippen LogP contribution >= 0.6 is 11.6 Å². The number of aryl methyl sites for hydroxylation is 2. The highest BCUT2D eigenvalue weighted by Gasteiger charge is 2.19. The molecule has 0 unspecified atom stereocenters. The van der Waals surface area contributed by atoms with Crippen LogP contribution in [0.1, 0.15) is 67.4 Å². The van der Waals surface area contributed by atoms with Gasteiger partial charge in [0.1, 0.15) is 17.1 Å². The van der Waals surface area contributed by atoms with Gasteiger partial charge < -0.3 is 25.0 Å². The van der Waals surface area contributed by atoms with Gasteiger partial charge in [-0.25, -0.2) is 4.98 Å². The van der Waals surface area contributed by atoms with Gasteiger partial charge in [0.25, 0.3) is 5.56 Å². The van der Waals surface area contributed by atoms with E-state index in [0.29, 0.717) is 69.8 Å². The summed E-state index contributed by atoms with van der Waals surface area (Å²) in [6, 6.07) is 12.6. The molecule has 0 aliphatic carbocycles. The predicted molar refractivity (Wildman–Crippen MR) is 211 cm³/mol. The molecule has 0 fully saturated rings. The number of methoxy groups -OCH3 is 2. The first-order chi connectivity index (χ1) is 24.3. The highest BCUT2D eigenvalue weighted by Crippen LogP contribution is 2.38. The topological polar surface area (TPSA) is 111 Å². The summed E-state index contributed by atoms with van der Waals surface area (Å²) >= 11 is 6.71. The molecule has 0 radical (unpaired) electrons. The van der Waals surface area contributed by atoms with Crippen LogP contribution in [0, 0.1) is 0 Å². The number of hydrogen-bond acceptors (Lipinski definition) is 8. The van der Waals surface area contributed by atoms with Crippen LogP contribution in [-0.2, 0) is 17.8 Å². The van der Waals surface area contributed by atoms with Gasteiger partial charge in [0.15, 0.2) is 0 Å². The minimum Gasteiger partial charge on any atom is -0.497 e. The number of aromatic nitrogens is 3. The van der Waals surface area contributed by atoms with Crippen LogP contribution in [0.5, 0.6) is 11.5 Å². The van der Waals surface area contributed by atoms with Gasteiger partial charge in [-0.05, 0) is 68.4 Å². The first-order valence-corrected chi connectivity index (χ1v) is 18.0. The van der Waals surface area contributed by atoms with Crippen molar-refractivity contribution in [1.29, 1.82) is 0 Å². The Hall–Kier alpha value is -4.41. The molecular weight excluding hydrogens is 652 g/mol. The number of fused-ring (bicyclic) bond motifs is 1. The SMILES string of the molecule is C=CC(=O)Nc1ccc(CCn2c(=O)c(-c3cc(OC)cc(OC)c3Cl)cc3cnc(NCCCN(CC)CC)nc32)cc1.CC.CC.CC. The van der Waals surface area contributed by atoms with Crippen LogP contribution in [0.2, 0.25) is 5.02 Å². The Morgan fingerprint density at radius 1 is 0.980 bits per heavy atom. The van der Waals surface area contributed by atoms with Crippen molar-refractivity contribution in [2.24, 2.45) is 0 Å². The average Bonchev–Trinajstić information content (AvgIpc) is 3.17. The van der Waals surface area contributed by atoms with Gasteiger partial charge in [-0.1, -0.05) is 85.7 Å². The minimum atomic E-state index is -0.280. The fourth-order valence-electron chi connectivity index (χ4n) is 4.91. The third-order valence-corrected chi connectivity index (χ3v) is 7.84. The standard InChI is InChI=1S/C33H39ClN6O4.3C2H6/c1-6-29(41)37-24-12-10-22(11-13-24)14-17-40-31-23(21-36-33(38-31)35-15-9-16-39(7-2)8-3)18-27(32(40)42)26-19-25(43-4)20-28(44-5)30(26)34;3*1-2/h6,10-13,18-21H,1,7-9,14-17H2,2-5H3,(H,37,41)(H,35,36,38);3*1-2H3. The summed E-state index contributed by atoms with van der Waals surface area (Å²) < 4.78 is 12.6. The van der Waals surface area contributed by atoms with Gasteiger partial charge in [0.2, 0.25) is 11.9 Å². The first-order valence-electron chi connectivity index (χ1n) is 17.6. The maximum atomic E-state index is 14.2. The molecule has 11 heteroatoms. The lowest BCUT2D eigenvalue weighted by Gasteiger charge is -2.18. The van der Waals surface area contributed by atoms with Crippen molar-refractivity contribution < 1.29 is 14.3 Å². The second-order valence-electron chi connectivity index (χ2n) is 10.1. The molecule has 0 bridgehead atoms. The molecule has 274 valence electrons.